The minimum absolute atomic E-state index is 0.0191. The van der Waals surface area contributed by atoms with Gasteiger partial charge in [-0.1, -0.05) is 0 Å². The molecule has 19 heavy (non-hydrogen) atoms. The Morgan fingerprint density at radius 1 is 1.16 bits per heavy atom. The molecule has 2 aliphatic heterocycles. The first-order valence-electron chi connectivity index (χ1n) is 7.43. The molecule has 3 fully saturated rings. The molecule has 0 aromatic carbocycles. The van der Waals surface area contributed by atoms with Gasteiger partial charge in [-0.2, -0.15) is 0 Å². The highest BCUT2D eigenvalue weighted by Crippen LogP contribution is 2.28. The van der Waals surface area contributed by atoms with Crippen LogP contribution in [0.1, 0.15) is 32.1 Å². The molecule has 106 valence electrons. The quantitative estimate of drug-likeness (QED) is 0.738. The third kappa shape index (κ3) is 2.82. The number of imide groups is 1. The van der Waals surface area contributed by atoms with Gasteiger partial charge in [0.1, 0.15) is 0 Å². The second-order valence-corrected chi connectivity index (χ2v) is 6.17. The van der Waals surface area contributed by atoms with Crippen LogP contribution >= 0.6 is 0 Å². The maximum atomic E-state index is 12.0. The van der Waals surface area contributed by atoms with E-state index in [9.17, 15) is 9.59 Å². The predicted molar refractivity (Wildman–Crippen MR) is 71.5 cm³/mol. The fraction of sp³-hybridized carbons (Fsp3) is 0.857. The van der Waals surface area contributed by atoms with Gasteiger partial charge in [0, 0.05) is 26.2 Å². The molecule has 0 radical (unpaired) electrons. The second-order valence-electron chi connectivity index (χ2n) is 6.17. The van der Waals surface area contributed by atoms with Crippen LogP contribution in [0.4, 0.5) is 0 Å². The van der Waals surface area contributed by atoms with Crippen molar-refractivity contribution in [1.29, 1.82) is 0 Å². The van der Waals surface area contributed by atoms with E-state index in [1.54, 1.807) is 7.05 Å². The number of hydrogen-bond acceptors (Lipinski definition) is 4. The number of rotatable bonds is 4. The summed E-state index contributed by atoms with van der Waals surface area (Å²) in [5.74, 6) is 0.860. The first kappa shape index (κ1) is 13.1. The summed E-state index contributed by atoms with van der Waals surface area (Å²) in [5, 5.41) is 3.63. The molecule has 2 amide bonds. The molecule has 3 rings (SSSR count). The van der Waals surface area contributed by atoms with Crippen LogP contribution in [0.25, 0.3) is 0 Å². The molecule has 0 spiro atoms. The van der Waals surface area contributed by atoms with E-state index in [-0.39, 0.29) is 17.9 Å². The molecule has 3 aliphatic rings. The summed E-state index contributed by atoms with van der Waals surface area (Å²) in [6.07, 6.45) is 5.33. The third-order valence-electron chi connectivity index (χ3n) is 4.72. The van der Waals surface area contributed by atoms with Crippen LogP contribution in [0, 0.1) is 5.92 Å². The molecule has 1 aliphatic carbocycles. The average molecular weight is 265 g/mol. The lowest BCUT2D eigenvalue weighted by Gasteiger charge is -2.35. The van der Waals surface area contributed by atoms with Gasteiger partial charge in [0.05, 0.1) is 12.5 Å². The van der Waals surface area contributed by atoms with Crippen molar-refractivity contribution in [2.75, 3.05) is 26.7 Å². The first-order valence-corrected chi connectivity index (χ1v) is 7.43. The van der Waals surface area contributed by atoms with E-state index >= 15 is 0 Å². The molecular weight excluding hydrogens is 242 g/mol. The number of likely N-dealkylation sites (N-methyl/N-ethyl adjacent to an activating group) is 1. The number of carbonyl (C=O) groups excluding carboxylic acids is 2. The van der Waals surface area contributed by atoms with Crippen molar-refractivity contribution in [3.8, 4) is 0 Å². The van der Waals surface area contributed by atoms with Crippen LogP contribution in [0.2, 0.25) is 0 Å². The molecule has 5 nitrogen and oxygen atoms in total. The number of nitrogens with zero attached hydrogens (tertiary/aromatic N) is 2. The van der Waals surface area contributed by atoms with Gasteiger partial charge < -0.3 is 5.32 Å². The summed E-state index contributed by atoms with van der Waals surface area (Å²) in [4.78, 5) is 27.0. The molecule has 1 unspecified atom stereocenters. The van der Waals surface area contributed by atoms with Crippen LogP contribution < -0.4 is 5.32 Å². The van der Waals surface area contributed by atoms with Gasteiger partial charge in [-0.05, 0) is 38.1 Å². The molecular formula is C14H23N3O2. The van der Waals surface area contributed by atoms with Gasteiger partial charge in [-0.15, -0.1) is 0 Å². The highest BCUT2D eigenvalue weighted by Gasteiger charge is 2.40. The number of hydrogen-bond donors (Lipinski definition) is 1. The van der Waals surface area contributed by atoms with E-state index in [2.05, 4.69) is 10.2 Å². The maximum Gasteiger partial charge on any atom is 0.246 e. The van der Waals surface area contributed by atoms with Crippen LogP contribution in [-0.2, 0) is 9.59 Å². The van der Waals surface area contributed by atoms with Crippen LogP contribution in [0.5, 0.6) is 0 Å². The Hall–Kier alpha value is -0.940. The minimum Gasteiger partial charge on any atom is -0.314 e. The summed E-state index contributed by atoms with van der Waals surface area (Å²) in [6, 6.07) is 0.406. The lowest BCUT2D eigenvalue weighted by molar-refractivity contribution is -0.138. The van der Waals surface area contributed by atoms with E-state index in [0.717, 1.165) is 38.4 Å². The summed E-state index contributed by atoms with van der Waals surface area (Å²) >= 11 is 0. The number of carbonyl (C=O) groups is 2. The normalized spacial score (nSPS) is 30.4. The van der Waals surface area contributed by atoms with E-state index in [1.807, 2.05) is 0 Å². The number of amides is 2. The van der Waals surface area contributed by atoms with Crippen LogP contribution in [-0.4, -0.2) is 60.4 Å². The SMILES string of the molecule is CN1C(=O)CC(N2CCC(NCC3CC3)CC2)C1=O. The lowest BCUT2D eigenvalue weighted by Crippen LogP contribution is -2.49. The van der Waals surface area contributed by atoms with Crippen molar-refractivity contribution in [2.24, 2.45) is 5.92 Å². The standard InChI is InChI=1S/C14H23N3O2/c1-16-13(18)8-12(14(16)19)17-6-4-11(5-7-17)15-9-10-2-3-10/h10-12,15H,2-9H2,1H3. The van der Waals surface area contributed by atoms with E-state index in [4.69, 9.17) is 0 Å². The molecule has 1 N–H and O–H groups in total. The van der Waals surface area contributed by atoms with E-state index in [1.165, 1.54) is 17.7 Å². The summed E-state index contributed by atoms with van der Waals surface area (Å²) in [6.45, 7) is 3.02. The van der Waals surface area contributed by atoms with Gasteiger partial charge in [0.15, 0.2) is 0 Å². The van der Waals surface area contributed by atoms with Crippen molar-refractivity contribution in [3.63, 3.8) is 0 Å². The van der Waals surface area contributed by atoms with Gasteiger partial charge >= 0.3 is 0 Å². The Bertz CT molecular complexity index is 373. The molecule has 0 aromatic heterocycles. The molecule has 2 heterocycles. The van der Waals surface area contributed by atoms with E-state index in [0.29, 0.717) is 12.5 Å². The van der Waals surface area contributed by atoms with Crippen molar-refractivity contribution in [2.45, 2.75) is 44.2 Å². The monoisotopic (exact) mass is 265 g/mol. The predicted octanol–water partition coefficient (Wildman–Crippen LogP) is 0.208. The summed E-state index contributed by atoms with van der Waals surface area (Å²) < 4.78 is 0. The highest BCUT2D eigenvalue weighted by molar-refractivity contribution is 6.05. The molecule has 0 aromatic rings. The number of piperidine rings is 1. The fourth-order valence-corrected chi connectivity index (χ4v) is 3.09. The minimum atomic E-state index is -0.193. The highest BCUT2D eigenvalue weighted by atomic mass is 16.2. The topological polar surface area (TPSA) is 52.7 Å². The molecule has 1 atom stereocenters. The Morgan fingerprint density at radius 2 is 1.84 bits per heavy atom. The Morgan fingerprint density at radius 3 is 2.37 bits per heavy atom. The number of nitrogens with one attached hydrogen (secondary N) is 1. The Kier molecular flexibility index (Phi) is 3.58. The lowest BCUT2D eigenvalue weighted by atomic mass is 10.0. The zero-order valence-electron chi connectivity index (χ0n) is 11.6. The summed E-state index contributed by atoms with van der Waals surface area (Å²) in [5.41, 5.74) is 0. The van der Waals surface area contributed by atoms with Gasteiger partial charge in [0.25, 0.3) is 0 Å². The van der Waals surface area contributed by atoms with Crippen molar-refractivity contribution >= 4 is 11.8 Å². The molecule has 0 bridgehead atoms. The average Bonchev–Trinajstić information content (AvgIpc) is 3.21. The first-order chi connectivity index (χ1) is 9.15. The van der Waals surface area contributed by atoms with Crippen molar-refractivity contribution < 1.29 is 9.59 Å². The maximum absolute atomic E-state index is 12.0. The number of likely N-dealkylation sites (tertiary alicyclic amines) is 2. The van der Waals surface area contributed by atoms with Gasteiger partial charge in [-0.3, -0.25) is 19.4 Å². The van der Waals surface area contributed by atoms with Gasteiger partial charge in [0.2, 0.25) is 11.8 Å². The molecule has 5 heteroatoms. The summed E-state index contributed by atoms with van der Waals surface area (Å²) in [7, 11) is 1.59. The molecule has 2 saturated heterocycles. The van der Waals surface area contributed by atoms with Crippen molar-refractivity contribution in [1.82, 2.24) is 15.1 Å². The Balaban J connectivity index is 1.47. The Labute approximate surface area is 114 Å². The fourth-order valence-electron chi connectivity index (χ4n) is 3.09. The van der Waals surface area contributed by atoms with Gasteiger partial charge in [-0.25, -0.2) is 0 Å². The zero-order chi connectivity index (χ0) is 13.4. The third-order valence-corrected chi connectivity index (χ3v) is 4.72. The smallest absolute Gasteiger partial charge is 0.246 e. The second kappa shape index (κ2) is 5.21. The van der Waals surface area contributed by atoms with Crippen molar-refractivity contribution in [3.05, 3.63) is 0 Å². The van der Waals surface area contributed by atoms with Crippen LogP contribution in [0.15, 0.2) is 0 Å². The van der Waals surface area contributed by atoms with Crippen LogP contribution in [0.3, 0.4) is 0 Å². The molecule has 1 saturated carbocycles. The van der Waals surface area contributed by atoms with E-state index < -0.39 is 0 Å². The zero-order valence-corrected chi connectivity index (χ0v) is 11.6. The largest absolute Gasteiger partial charge is 0.314 e.